The van der Waals surface area contributed by atoms with Crippen molar-refractivity contribution in [3.63, 3.8) is 0 Å². The molecule has 0 aliphatic carbocycles. The van der Waals surface area contributed by atoms with Gasteiger partial charge in [0, 0.05) is 57.0 Å². The molecule has 274 valence electrons. The number of benzene rings is 3. The Bertz CT molecular complexity index is 2230. The molecule has 2 N–H and O–H groups in total. The molecular weight excluding hydrogens is 706 g/mol. The lowest BCUT2D eigenvalue weighted by Gasteiger charge is -2.38. The second-order valence-corrected chi connectivity index (χ2v) is 14.0. The molecular formula is C39H37ClF2N6O5. The minimum atomic E-state index is -1.49. The lowest BCUT2D eigenvalue weighted by molar-refractivity contribution is -0.147. The molecule has 1 saturated heterocycles. The number of carboxylic acids is 1. The maximum Gasteiger partial charge on any atom is 0.311 e. The van der Waals surface area contributed by atoms with Crippen LogP contribution in [0.2, 0.25) is 5.02 Å². The Balaban J connectivity index is 1.29. The first-order chi connectivity index (χ1) is 25.2. The molecule has 1 fully saturated rings. The van der Waals surface area contributed by atoms with Crippen LogP contribution in [0.15, 0.2) is 85.6 Å². The number of anilines is 3. The molecule has 14 heteroatoms. The molecule has 3 aromatic carbocycles. The number of aromatic nitrogens is 3. The number of likely N-dealkylation sites (tertiary alicyclic amines) is 1. The number of ketones is 1. The summed E-state index contributed by atoms with van der Waals surface area (Å²) in [6, 6.07) is 14.5. The van der Waals surface area contributed by atoms with Gasteiger partial charge < -0.3 is 24.8 Å². The summed E-state index contributed by atoms with van der Waals surface area (Å²) in [5.74, 6) is -3.34. The van der Waals surface area contributed by atoms with Crippen LogP contribution in [0, 0.1) is 11.2 Å². The summed E-state index contributed by atoms with van der Waals surface area (Å²) in [7, 11) is 0. The third kappa shape index (κ3) is 7.21. The molecule has 11 nitrogen and oxygen atoms in total. The zero-order valence-electron chi connectivity index (χ0n) is 29.4. The van der Waals surface area contributed by atoms with E-state index in [1.807, 2.05) is 0 Å². The molecule has 0 saturated carbocycles. The van der Waals surface area contributed by atoms with Crippen molar-refractivity contribution in [3.8, 4) is 11.1 Å². The van der Waals surface area contributed by atoms with Crippen LogP contribution in [-0.4, -0.2) is 72.9 Å². The van der Waals surface area contributed by atoms with Crippen molar-refractivity contribution in [3.05, 3.63) is 102 Å². The fourth-order valence-corrected chi connectivity index (χ4v) is 6.87. The largest absolute Gasteiger partial charge is 0.481 e. The monoisotopic (exact) mass is 742 g/mol. The van der Waals surface area contributed by atoms with Crippen LogP contribution in [-0.2, 0) is 20.9 Å². The van der Waals surface area contributed by atoms with Gasteiger partial charge in [-0.3, -0.25) is 19.2 Å². The number of nitrogens with zero attached hydrogens (tertiary/aromatic N) is 5. The highest BCUT2D eigenvalue weighted by molar-refractivity contribution is 6.33. The zero-order chi connectivity index (χ0) is 38.2. The Morgan fingerprint density at radius 2 is 1.74 bits per heavy atom. The van der Waals surface area contributed by atoms with Crippen molar-refractivity contribution in [2.75, 3.05) is 16.8 Å². The van der Waals surface area contributed by atoms with Gasteiger partial charge in [-0.05, 0) is 58.0 Å². The van der Waals surface area contributed by atoms with Gasteiger partial charge in [-0.1, -0.05) is 41.9 Å². The molecule has 2 aromatic heterocycles. The summed E-state index contributed by atoms with van der Waals surface area (Å²) in [6.45, 7) is 5.72. The average molecular weight is 743 g/mol. The summed E-state index contributed by atoms with van der Waals surface area (Å²) in [6.07, 6.45) is 4.25. The van der Waals surface area contributed by atoms with Crippen LogP contribution in [0.1, 0.15) is 44.5 Å². The molecule has 3 atom stereocenters. The number of fused-ring (bicyclic) bond motifs is 1. The predicted octanol–water partition coefficient (Wildman–Crippen LogP) is 7.31. The van der Waals surface area contributed by atoms with Crippen molar-refractivity contribution in [1.82, 2.24) is 19.4 Å². The van der Waals surface area contributed by atoms with E-state index in [0.717, 1.165) is 4.90 Å². The summed E-state index contributed by atoms with van der Waals surface area (Å²) in [5.41, 5.74) is 1.14. The van der Waals surface area contributed by atoms with Gasteiger partial charge in [0.15, 0.2) is 11.6 Å². The predicted molar refractivity (Wildman–Crippen MR) is 197 cm³/mol. The van der Waals surface area contributed by atoms with E-state index in [0.29, 0.717) is 38.4 Å². The molecule has 0 bridgehead atoms. The maximum absolute atomic E-state index is 15.6. The van der Waals surface area contributed by atoms with Crippen LogP contribution in [0.25, 0.3) is 22.0 Å². The van der Waals surface area contributed by atoms with Crippen LogP contribution in [0.4, 0.5) is 25.8 Å². The Morgan fingerprint density at radius 1 is 1.04 bits per heavy atom. The summed E-state index contributed by atoms with van der Waals surface area (Å²) in [5, 5.41) is 13.4. The van der Waals surface area contributed by atoms with E-state index in [2.05, 4.69) is 15.3 Å². The fraction of sp³-hybridized carbons (Fsp3) is 0.282. The third-order valence-electron chi connectivity index (χ3n) is 9.93. The molecule has 1 aliphatic rings. The van der Waals surface area contributed by atoms with Gasteiger partial charge in [0.1, 0.15) is 25.1 Å². The van der Waals surface area contributed by atoms with Gasteiger partial charge >= 0.3 is 5.97 Å². The number of amides is 2. The van der Waals surface area contributed by atoms with E-state index in [9.17, 15) is 28.7 Å². The van der Waals surface area contributed by atoms with Gasteiger partial charge in [0.2, 0.25) is 11.8 Å². The topological polar surface area (TPSA) is 138 Å². The highest BCUT2D eigenvalue weighted by Gasteiger charge is 2.41. The Kier molecular flexibility index (Phi) is 10.3. The number of alkyl halides is 1. The first kappa shape index (κ1) is 37.1. The third-order valence-corrected chi connectivity index (χ3v) is 10.3. The van der Waals surface area contributed by atoms with Crippen molar-refractivity contribution < 1.29 is 33.1 Å². The lowest BCUT2D eigenvalue weighted by atomic mass is 9.84. The molecule has 0 spiro atoms. The first-order valence-corrected chi connectivity index (χ1v) is 17.3. The molecule has 3 heterocycles. The zero-order valence-corrected chi connectivity index (χ0v) is 30.1. The van der Waals surface area contributed by atoms with Crippen molar-refractivity contribution in [1.29, 1.82) is 0 Å². The minimum absolute atomic E-state index is 0.141. The second-order valence-electron chi connectivity index (χ2n) is 13.6. The van der Waals surface area contributed by atoms with Gasteiger partial charge in [0.25, 0.3) is 0 Å². The van der Waals surface area contributed by atoms with Crippen LogP contribution in [0.5, 0.6) is 0 Å². The number of carbonyl (C=O) groups is 4. The number of aliphatic carboxylic acids is 1. The number of carboxylic acid groups (broad SMARTS) is 1. The van der Waals surface area contributed by atoms with E-state index in [1.54, 1.807) is 91.2 Å². The van der Waals surface area contributed by atoms with Gasteiger partial charge in [-0.15, -0.1) is 0 Å². The lowest BCUT2D eigenvalue weighted by Crippen LogP contribution is -2.45. The molecule has 1 unspecified atom stereocenters. The van der Waals surface area contributed by atoms with Crippen LogP contribution >= 0.6 is 11.6 Å². The summed E-state index contributed by atoms with van der Waals surface area (Å²) >= 11 is 6.28. The molecule has 0 radical (unpaired) electrons. The fourth-order valence-electron chi connectivity index (χ4n) is 6.64. The van der Waals surface area contributed by atoms with Crippen molar-refractivity contribution in [2.24, 2.45) is 5.41 Å². The standard InChI is InChI=1S/C39H37ClF2N6O5/c1-22(49)30-19-46(33-13-12-25(15-29(30)33)48(26-16-43-21-44-17-26)23(2)39(3,4)38(52)53)20-35(50)47-18-24(41)14-34(47)37(51)45-32-11-7-9-28(36(32)42)27-8-5-6-10-31(27)40/h5-13,15-17,19,21,23-24,34H,14,18,20H2,1-4H3,(H,45,51)(H,52,53)/t23?,24-,34+/m1/s1. The average Bonchev–Trinajstić information content (AvgIpc) is 3.70. The van der Waals surface area contributed by atoms with E-state index in [1.165, 1.54) is 31.6 Å². The summed E-state index contributed by atoms with van der Waals surface area (Å²) < 4.78 is 32.1. The Labute approximate surface area is 309 Å². The number of halogens is 3. The Morgan fingerprint density at radius 3 is 2.42 bits per heavy atom. The maximum atomic E-state index is 15.6. The highest BCUT2D eigenvalue weighted by atomic mass is 35.5. The molecule has 5 aromatic rings. The summed E-state index contributed by atoms with van der Waals surface area (Å²) in [4.78, 5) is 63.7. The van der Waals surface area contributed by atoms with Gasteiger partial charge in [-0.2, -0.15) is 0 Å². The van der Waals surface area contributed by atoms with E-state index in [4.69, 9.17) is 11.6 Å². The second kappa shape index (κ2) is 14.7. The number of hydrogen-bond donors (Lipinski definition) is 2. The van der Waals surface area contributed by atoms with E-state index < -0.39 is 47.3 Å². The van der Waals surface area contributed by atoms with Gasteiger partial charge in [0.05, 0.1) is 35.7 Å². The normalized spacial score (nSPS) is 16.4. The molecule has 2 amide bonds. The van der Waals surface area contributed by atoms with E-state index in [-0.39, 0.29) is 36.5 Å². The quantitative estimate of drug-likeness (QED) is 0.135. The number of Topliss-reactive ketones (excluding diaryl/α,β-unsaturated/α-hetero) is 1. The molecule has 53 heavy (non-hydrogen) atoms. The first-order valence-electron chi connectivity index (χ1n) is 16.9. The molecule has 1 aliphatic heterocycles. The number of nitrogens with one attached hydrogen (secondary N) is 1. The van der Waals surface area contributed by atoms with Crippen LogP contribution < -0.4 is 10.2 Å². The van der Waals surface area contributed by atoms with Gasteiger partial charge in [-0.25, -0.2) is 18.7 Å². The minimum Gasteiger partial charge on any atom is -0.481 e. The van der Waals surface area contributed by atoms with Crippen LogP contribution in [0.3, 0.4) is 0 Å². The van der Waals surface area contributed by atoms with Crippen molar-refractivity contribution in [2.45, 2.75) is 58.9 Å². The number of hydrogen-bond acceptors (Lipinski definition) is 7. The SMILES string of the molecule is CC(=O)c1cn(CC(=O)N2C[C@H](F)C[C@H]2C(=O)Nc2cccc(-c3ccccc3Cl)c2F)c2ccc(N(c3cncnc3)C(C)C(C)(C)C(=O)O)cc12. The number of rotatable bonds is 11. The van der Waals surface area contributed by atoms with Crippen molar-refractivity contribution >= 4 is 63.1 Å². The van der Waals surface area contributed by atoms with E-state index >= 15 is 4.39 Å². The smallest absolute Gasteiger partial charge is 0.311 e. The molecule has 6 rings (SSSR count). The highest BCUT2D eigenvalue weighted by Crippen LogP contribution is 2.38. The number of carbonyl (C=O) groups excluding carboxylic acids is 3. The Hall–Kier alpha value is -5.69.